The Morgan fingerprint density at radius 2 is 1.83 bits per heavy atom. The lowest BCUT2D eigenvalue weighted by atomic mass is 9.85. The van der Waals surface area contributed by atoms with Crippen molar-refractivity contribution in [3.63, 3.8) is 0 Å². The first-order chi connectivity index (χ1) is 5.28. The Balaban J connectivity index is 4.53. The molecule has 0 aliphatic carbocycles. The van der Waals surface area contributed by atoms with Gasteiger partial charge in [0, 0.05) is 5.54 Å². The number of halogens is 3. The van der Waals surface area contributed by atoms with Crippen LogP contribution in [0.1, 0.15) is 27.2 Å². The largest absolute Gasteiger partial charge is 0.393 e. The fourth-order valence-corrected chi connectivity index (χ4v) is 0.894. The SMILES string of the molecule is CCC(C)(NN)C(C)C(F)(F)F. The van der Waals surface area contributed by atoms with E-state index in [-0.39, 0.29) is 0 Å². The standard InChI is InChI=1S/C7H15F3N2/c1-4-6(3,12-11)5(2)7(8,9)10/h5,12H,4,11H2,1-3H3. The maximum Gasteiger partial charge on any atom is 0.393 e. The van der Waals surface area contributed by atoms with Crippen LogP contribution < -0.4 is 11.3 Å². The molecule has 0 aromatic rings. The molecule has 2 nitrogen and oxygen atoms in total. The Morgan fingerprint density at radius 3 is 1.92 bits per heavy atom. The smallest absolute Gasteiger partial charge is 0.271 e. The minimum absolute atomic E-state index is 0.337. The molecule has 0 saturated carbocycles. The lowest BCUT2D eigenvalue weighted by molar-refractivity contribution is -0.189. The molecule has 12 heavy (non-hydrogen) atoms. The normalized spacial score (nSPS) is 20.2. The van der Waals surface area contributed by atoms with Crippen molar-refractivity contribution in [1.29, 1.82) is 0 Å². The summed E-state index contributed by atoms with van der Waals surface area (Å²) >= 11 is 0. The van der Waals surface area contributed by atoms with Crippen LogP contribution in [-0.2, 0) is 0 Å². The Morgan fingerprint density at radius 1 is 1.42 bits per heavy atom. The van der Waals surface area contributed by atoms with Crippen LogP contribution >= 0.6 is 0 Å². The van der Waals surface area contributed by atoms with E-state index in [9.17, 15) is 13.2 Å². The second kappa shape index (κ2) is 3.62. The van der Waals surface area contributed by atoms with Crippen LogP contribution in [0.3, 0.4) is 0 Å². The second-order valence-electron chi connectivity index (χ2n) is 3.18. The van der Waals surface area contributed by atoms with Gasteiger partial charge in [0.2, 0.25) is 0 Å². The number of hydrazine groups is 1. The van der Waals surface area contributed by atoms with Crippen molar-refractivity contribution in [3.8, 4) is 0 Å². The van der Waals surface area contributed by atoms with Gasteiger partial charge in [0.1, 0.15) is 0 Å². The highest BCUT2D eigenvalue weighted by Gasteiger charge is 2.46. The third kappa shape index (κ3) is 2.35. The van der Waals surface area contributed by atoms with Crippen LogP contribution in [0.15, 0.2) is 0 Å². The highest BCUT2D eigenvalue weighted by Crippen LogP contribution is 2.35. The molecule has 0 aromatic carbocycles. The van der Waals surface area contributed by atoms with E-state index in [0.717, 1.165) is 6.92 Å². The summed E-state index contributed by atoms with van der Waals surface area (Å²) in [5.41, 5.74) is 1.14. The average molecular weight is 184 g/mol. The molecular weight excluding hydrogens is 169 g/mol. The molecule has 0 aliphatic rings. The molecule has 3 N–H and O–H groups in total. The molecule has 5 heteroatoms. The van der Waals surface area contributed by atoms with E-state index in [1.54, 1.807) is 6.92 Å². The predicted molar refractivity (Wildman–Crippen MR) is 41.2 cm³/mol. The van der Waals surface area contributed by atoms with Crippen molar-refractivity contribution in [2.45, 2.75) is 38.9 Å². The molecule has 0 radical (unpaired) electrons. The van der Waals surface area contributed by atoms with Gasteiger partial charge in [-0.2, -0.15) is 13.2 Å². The van der Waals surface area contributed by atoms with Crippen LogP contribution in [-0.4, -0.2) is 11.7 Å². The number of nitrogens with two attached hydrogens (primary N) is 1. The van der Waals surface area contributed by atoms with Crippen molar-refractivity contribution < 1.29 is 13.2 Å². The zero-order valence-corrected chi connectivity index (χ0v) is 7.50. The fraction of sp³-hybridized carbons (Fsp3) is 1.00. The molecule has 0 heterocycles. The summed E-state index contributed by atoms with van der Waals surface area (Å²) in [5, 5.41) is 0. The molecule has 0 aliphatic heterocycles. The maximum atomic E-state index is 12.2. The fourth-order valence-electron chi connectivity index (χ4n) is 0.894. The minimum atomic E-state index is -4.20. The van der Waals surface area contributed by atoms with Crippen molar-refractivity contribution in [2.75, 3.05) is 0 Å². The number of rotatable bonds is 3. The Hall–Kier alpha value is -0.290. The van der Waals surface area contributed by atoms with Crippen LogP contribution in [0.4, 0.5) is 13.2 Å². The van der Waals surface area contributed by atoms with Crippen molar-refractivity contribution >= 4 is 0 Å². The van der Waals surface area contributed by atoms with E-state index in [2.05, 4.69) is 5.43 Å². The summed E-state index contributed by atoms with van der Waals surface area (Å²) in [5.74, 6) is 3.62. The van der Waals surface area contributed by atoms with Gasteiger partial charge in [-0.15, -0.1) is 0 Å². The van der Waals surface area contributed by atoms with Crippen molar-refractivity contribution in [3.05, 3.63) is 0 Å². The zero-order chi connectivity index (χ0) is 9.99. The van der Waals surface area contributed by atoms with Gasteiger partial charge < -0.3 is 0 Å². The second-order valence-corrected chi connectivity index (χ2v) is 3.18. The quantitative estimate of drug-likeness (QED) is 0.518. The molecule has 0 bridgehead atoms. The van der Waals surface area contributed by atoms with E-state index >= 15 is 0 Å². The van der Waals surface area contributed by atoms with E-state index < -0.39 is 17.6 Å². The van der Waals surface area contributed by atoms with E-state index in [4.69, 9.17) is 5.84 Å². The highest BCUT2D eigenvalue weighted by atomic mass is 19.4. The number of alkyl halides is 3. The number of hydrogen-bond acceptors (Lipinski definition) is 2. The van der Waals surface area contributed by atoms with E-state index in [0.29, 0.717) is 6.42 Å². The van der Waals surface area contributed by atoms with Gasteiger partial charge in [-0.1, -0.05) is 13.8 Å². The molecule has 0 aromatic heterocycles. The van der Waals surface area contributed by atoms with Crippen LogP contribution in [0, 0.1) is 5.92 Å². The minimum Gasteiger partial charge on any atom is -0.271 e. The number of nitrogens with one attached hydrogen (secondary N) is 1. The molecule has 0 fully saturated rings. The summed E-state index contributed by atoms with van der Waals surface area (Å²) in [6, 6.07) is 0. The van der Waals surface area contributed by atoms with Crippen LogP contribution in [0.25, 0.3) is 0 Å². The molecule has 0 amide bonds. The van der Waals surface area contributed by atoms with Gasteiger partial charge in [0.05, 0.1) is 5.92 Å². The Labute approximate surface area is 70.3 Å². The zero-order valence-electron chi connectivity index (χ0n) is 7.50. The molecule has 0 spiro atoms. The molecule has 74 valence electrons. The summed E-state index contributed by atoms with van der Waals surface area (Å²) in [6.07, 6.45) is -3.86. The molecule has 2 unspecified atom stereocenters. The average Bonchev–Trinajstić information content (AvgIpc) is 2.00. The van der Waals surface area contributed by atoms with Gasteiger partial charge >= 0.3 is 6.18 Å². The van der Waals surface area contributed by atoms with E-state index in [1.807, 2.05) is 0 Å². The van der Waals surface area contributed by atoms with Gasteiger partial charge in [-0.25, -0.2) is 0 Å². The maximum absolute atomic E-state index is 12.2. The van der Waals surface area contributed by atoms with Crippen LogP contribution in [0.2, 0.25) is 0 Å². The van der Waals surface area contributed by atoms with Crippen molar-refractivity contribution in [1.82, 2.24) is 5.43 Å². The molecule has 2 atom stereocenters. The third-order valence-electron chi connectivity index (χ3n) is 2.51. The monoisotopic (exact) mass is 184 g/mol. The van der Waals surface area contributed by atoms with Crippen LogP contribution in [0.5, 0.6) is 0 Å². The topological polar surface area (TPSA) is 38.0 Å². The number of hydrogen-bond donors (Lipinski definition) is 2. The highest BCUT2D eigenvalue weighted by molar-refractivity contribution is 4.88. The van der Waals surface area contributed by atoms with Crippen molar-refractivity contribution in [2.24, 2.45) is 11.8 Å². The van der Waals surface area contributed by atoms with Gasteiger partial charge in [0.15, 0.2) is 0 Å². The molecule has 0 saturated heterocycles. The van der Waals surface area contributed by atoms with E-state index in [1.165, 1.54) is 6.92 Å². The lowest BCUT2D eigenvalue weighted by Crippen LogP contribution is -2.55. The van der Waals surface area contributed by atoms with Gasteiger partial charge in [0.25, 0.3) is 0 Å². The lowest BCUT2D eigenvalue weighted by Gasteiger charge is -2.35. The Bertz CT molecular complexity index is 140. The third-order valence-corrected chi connectivity index (χ3v) is 2.51. The summed E-state index contributed by atoms with van der Waals surface area (Å²) in [7, 11) is 0. The first-order valence-corrected chi connectivity index (χ1v) is 3.82. The molecule has 0 rings (SSSR count). The first kappa shape index (κ1) is 11.7. The Kier molecular flexibility index (Phi) is 3.53. The van der Waals surface area contributed by atoms with Gasteiger partial charge in [-0.3, -0.25) is 11.3 Å². The summed E-state index contributed by atoms with van der Waals surface area (Å²) in [6.45, 7) is 4.26. The van der Waals surface area contributed by atoms with Gasteiger partial charge in [-0.05, 0) is 13.3 Å². The first-order valence-electron chi connectivity index (χ1n) is 3.82. The summed E-state index contributed by atoms with van der Waals surface area (Å²) < 4.78 is 36.7. The summed E-state index contributed by atoms with van der Waals surface area (Å²) in [4.78, 5) is 0. The molecular formula is C7H15F3N2. The predicted octanol–water partition coefficient (Wildman–Crippen LogP) is 1.82.